The van der Waals surface area contributed by atoms with Gasteiger partial charge in [-0.05, 0) is 30.7 Å². The summed E-state index contributed by atoms with van der Waals surface area (Å²) in [5, 5.41) is 2.68. The predicted octanol–water partition coefficient (Wildman–Crippen LogP) is 2.41. The number of esters is 1. The zero-order valence-corrected chi connectivity index (χ0v) is 17.3. The van der Waals surface area contributed by atoms with Crippen LogP contribution in [0.4, 0.5) is 5.69 Å². The van der Waals surface area contributed by atoms with Gasteiger partial charge in [-0.25, -0.2) is 0 Å². The van der Waals surface area contributed by atoms with Crippen molar-refractivity contribution in [1.29, 1.82) is 0 Å². The van der Waals surface area contributed by atoms with Crippen LogP contribution < -0.4 is 14.8 Å². The molecule has 0 aromatic heterocycles. The van der Waals surface area contributed by atoms with Crippen LogP contribution in [0, 0.1) is 6.92 Å². The summed E-state index contributed by atoms with van der Waals surface area (Å²) in [6.45, 7) is 1.44. The summed E-state index contributed by atoms with van der Waals surface area (Å²) >= 11 is 0. The van der Waals surface area contributed by atoms with Crippen LogP contribution >= 0.6 is 0 Å². The first kappa shape index (κ1) is 22.7. The Morgan fingerprint density at radius 2 is 1.83 bits per heavy atom. The second kappa shape index (κ2) is 11.5. The molecular weight excluding hydrogens is 388 g/mol. The van der Waals surface area contributed by atoms with Gasteiger partial charge in [0.15, 0.2) is 6.61 Å². The normalized spacial score (nSPS) is 10.1. The molecule has 2 aromatic carbocycles. The van der Waals surface area contributed by atoms with Gasteiger partial charge >= 0.3 is 5.97 Å². The van der Waals surface area contributed by atoms with Crippen molar-refractivity contribution >= 4 is 23.5 Å². The molecule has 8 nitrogen and oxygen atoms in total. The maximum Gasteiger partial charge on any atom is 0.309 e. The Morgan fingerprint density at radius 1 is 1.07 bits per heavy atom. The Labute approximate surface area is 175 Å². The van der Waals surface area contributed by atoms with E-state index >= 15 is 0 Å². The second-order valence-electron chi connectivity index (χ2n) is 6.55. The number of hydrogen-bond acceptors (Lipinski definition) is 6. The van der Waals surface area contributed by atoms with E-state index in [2.05, 4.69) is 5.32 Å². The average molecular weight is 414 g/mol. The number of rotatable bonds is 10. The Kier molecular flexibility index (Phi) is 8.68. The number of nitrogens with zero attached hydrogens (tertiary/aromatic N) is 1. The van der Waals surface area contributed by atoms with Gasteiger partial charge in [0.05, 0.1) is 26.7 Å². The van der Waals surface area contributed by atoms with Crippen LogP contribution in [0.3, 0.4) is 0 Å². The highest BCUT2D eigenvalue weighted by molar-refractivity contribution is 5.94. The van der Waals surface area contributed by atoms with Crippen molar-refractivity contribution < 1.29 is 28.6 Å². The quantitative estimate of drug-likeness (QED) is 0.600. The molecule has 2 rings (SSSR count). The molecule has 0 heterocycles. The van der Waals surface area contributed by atoms with E-state index < -0.39 is 18.5 Å². The van der Waals surface area contributed by atoms with Crippen LogP contribution in [-0.2, 0) is 19.1 Å². The maximum absolute atomic E-state index is 12.1. The topological polar surface area (TPSA) is 94.2 Å². The first-order valence-electron chi connectivity index (χ1n) is 9.41. The number of methoxy groups -OCH3 is 1. The summed E-state index contributed by atoms with van der Waals surface area (Å²) in [7, 11) is 2.99. The molecule has 0 bridgehead atoms. The lowest BCUT2D eigenvalue weighted by Gasteiger charge is -2.17. The minimum Gasteiger partial charge on any atom is -0.497 e. The number of likely N-dealkylation sites (N-methyl/N-ethyl adjacent to an activating group) is 1. The van der Waals surface area contributed by atoms with Gasteiger partial charge in [-0.3, -0.25) is 14.4 Å². The molecule has 0 saturated carbocycles. The Bertz CT molecular complexity index is 883. The van der Waals surface area contributed by atoms with Crippen molar-refractivity contribution in [1.82, 2.24) is 4.90 Å². The van der Waals surface area contributed by atoms with Crippen LogP contribution in [0.5, 0.6) is 11.5 Å². The molecule has 1 N–H and O–H groups in total. The fraction of sp³-hybridized carbons (Fsp3) is 0.318. The number of ether oxygens (including phenoxy) is 3. The molecule has 0 spiro atoms. The molecule has 160 valence electrons. The van der Waals surface area contributed by atoms with Crippen LogP contribution in [0.25, 0.3) is 0 Å². The molecule has 8 heteroatoms. The highest BCUT2D eigenvalue weighted by Gasteiger charge is 2.15. The van der Waals surface area contributed by atoms with Crippen molar-refractivity contribution in [3.05, 3.63) is 54.1 Å². The van der Waals surface area contributed by atoms with Crippen LogP contribution in [0.15, 0.2) is 48.5 Å². The largest absolute Gasteiger partial charge is 0.497 e. The van der Waals surface area contributed by atoms with Crippen LogP contribution in [0.1, 0.15) is 12.0 Å². The van der Waals surface area contributed by atoms with Gasteiger partial charge in [-0.15, -0.1) is 0 Å². The van der Waals surface area contributed by atoms with Gasteiger partial charge in [0.1, 0.15) is 11.5 Å². The Balaban J connectivity index is 1.68. The third kappa shape index (κ3) is 7.46. The lowest BCUT2D eigenvalue weighted by Crippen LogP contribution is -2.37. The molecule has 30 heavy (non-hydrogen) atoms. The van der Waals surface area contributed by atoms with E-state index in [1.165, 1.54) is 19.1 Å². The zero-order chi connectivity index (χ0) is 21.9. The summed E-state index contributed by atoms with van der Waals surface area (Å²) in [5.74, 6) is -0.106. The first-order chi connectivity index (χ1) is 14.4. The zero-order valence-electron chi connectivity index (χ0n) is 17.3. The fourth-order valence-corrected chi connectivity index (χ4v) is 2.49. The minimum atomic E-state index is -0.550. The number of anilines is 1. The highest BCUT2D eigenvalue weighted by Crippen LogP contribution is 2.17. The minimum absolute atomic E-state index is 0.0155. The van der Waals surface area contributed by atoms with Gasteiger partial charge in [0.25, 0.3) is 5.91 Å². The molecule has 0 unspecified atom stereocenters. The van der Waals surface area contributed by atoms with E-state index in [0.29, 0.717) is 17.2 Å². The van der Waals surface area contributed by atoms with Crippen molar-refractivity contribution in [3.63, 3.8) is 0 Å². The monoisotopic (exact) mass is 414 g/mol. The van der Waals surface area contributed by atoms with E-state index in [4.69, 9.17) is 14.2 Å². The summed E-state index contributed by atoms with van der Waals surface area (Å²) in [4.78, 5) is 37.2. The summed E-state index contributed by atoms with van der Waals surface area (Å²) in [5.41, 5.74) is 1.52. The molecule has 2 amide bonds. The van der Waals surface area contributed by atoms with Gasteiger partial charge in [-0.1, -0.05) is 24.3 Å². The maximum atomic E-state index is 12.1. The molecule has 0 atom stereocenters. The number of nitrogens with one attached hydrogen (secondary N) is 1. The molecule has 0 radical (unpaired) electrons. The summed E-state index contributed by atoms with van der Waals surface area (Å²) in [6.07, 6.45) is 0.0155. The van der Waals surface area contributed by atoms with E-state index in [-0.39, 0.29) is 25.5 Å². The van der Waals surface area contributed by atoms with Gasteiger partial charge in [-0.2, -0.15) is 0 Å². The van der Waals surface area contributed by atoms with Crippen LogP contribution in [0.2, 0.25) is 0 Å². The summed E-state index contributed by atoms with van der Waals surface area (Å²) in [6, 6.07) is 14.3. The SMILES string of the molecule is COc1cccc(NC(=O)CN(C)C(=O)COC(=O)CCOc2ccccc2C)c1. The van der Waals surface area contributed by atoms with E-state index in [0.717, 1.165) is 5.56 Å². The van der Waals surface area contributed by atoms with Gasteiger partial charge < -0.3 is 24.4 Å². The fourth-order valence-electron chi connectivity index (χ4n) is 2.49. The highest BCUT2D eigenvalue weighted by atomic mass is 16.5. The molecule has 0 fully saturated rings. The van der Waals surface area contributed by atoms with Crippen molar-refractivity contribution in [2.75, 3.05) is 39.2 Å². The average Bonchev–Trinajstić information content (AvgIpc) is 2.73. The molecule has 0 saturated heterocycles. The lowest BCUT2D eigenvalue weighted by molar-refractivity contribution is -0.152. The van der Waals surface area contributed by atoms with Crippen molar-refractivity contribution in [2.24, 2.45) is 0 Å². The van der Waals surface area contributed by atoms with Crippen molar-refractivity contribution in [3.8, 4) is 11.5 Å². The standard InChI is InChI=1S/C22H26N2O6/c1-16-7-4-5-10-19(16)29-12-11-22(27)30-15-21(26)24(2)14-20(25)23-17-8-6-9-18(13-17)28-3/h4-10,13H,11-12,14-15H2,1-3H3,(H,23,25). The molecule has 0 aliphatic rings. The summed E-state index contributed by atoms with van der Waals surface area (Å²) < 4.78 is 15.6. The predicted molar refractivity (Wildman–Crippen MR) is 112 cm³/mol. The number of benzene rings is 2. The van der Waals surface area contributed by atoms with Crippen molar-refractivity contribution in [2.45, 2.75) is 13.3 Å². The third-order valence-electron chi connectivity index (χ3n) is 4.17. The number of para-hydroxylation sites is 1. The first-order valence-corrected chi connectivity index (χ1v) is 9.41. The number of hydrogen-bond donors (Lipinski definition) is 1. The van der Waals surface area contributed by atoms with Gasteiger partial charge in [0.2, 0.25) is 5.91 Å². The van der Waals surface area contributed by atoms with E-state index in [1.54, 1.807) is 24.3 Å². The molecule has 0 aliphatic carbocycles. The van der Waals surface area contributed by atoms with Crippen LogP contribution in [-0.4, -0.2) is 56.6 Å². The number of aryl methyl sites for hydroxylation is 1. The second-order valence-corrected chi connectivity index (χ2v) is 6.55. The van der Waals surface area contributed by atoms with Gasteiger partial charge in [0, 0.05) is 18.8 Å². The third-order valence-corrected chi connectivity index (χ3v) is 4.17. The number of carbonyl (C=O) groups is 3. The molecular formula is C22H26N2O6. The molecule has 0 aliphatic heterocycles. The Hall–Kier alpha value is -3.55. The molecule has 2 aromatic rings. The van der Waals surface area contributed by atoms with E-state index in [1.807, 2.05) is 31.2 Å². The number of carbonyl (C=O) groups excluding carboxylic acids is 3. The Morgan fingerprint density at radius 3 is 2.57 bits per heavy atom. The lowest BCUT2D eigenvalue weighted by atomic mass is 10.2. The smallest absolute Gasteiger partial charge is 0.309 e. The number of amides is 2. The van der Waals surface area contributed by atoms with E-state index in [9.17, 15) is 14.4 Å².